The molecule has 2 rings (SSSR count). The summed E-state index contributed by atoms with van der Waals surface area (Å²) in [4.78, 5) is 24.7. The summed E-state index contributed by atoms with van der Waals surface area (Å²) >= 11 is 0. The zero-order valence-corrected chi connectivity index (χ0v) is 10.9. The Bertz CT molecular complexity index is 563. The second kappa shape index (κ2) is 5.44. The first-order valence-corrected chi connectivity index (χ1v) is 6.06. The fourth-order valence-corrected chi connectivity index (χ4v) is 2.23. The zero-order valence-electron chi connectivity index (χ0n) is 10.9. The van der Waals surface area contributed by atoms with Gasteiger partial charge in [-0.2, -0.15) is 0 Å². The van der Waals surface area contributed by atoms with E-state index in [1.165, 1.54) is 12.0 Å². The van der Waals surface area contributed by atoms with E-state index in [0.717, 1.165) is 12.1 Å². The average Bonchev–Trinajstić information content (AvgIpc) is 2.92. The summed E-state index contributed by atoms with van der Waals surface area (Å²) in [6.45, 7) is 0.325. The molecule has 1 saturated heterocycles. The number of hydrogen-bond donors (Lipinski definition) is 1. The van der Waals surface area contributed by atoms with Gasteiger partial charge in [0.1, 0.15) is 11.4 Å². The first kappa shape index (κ1) is 14.2. The topological polar surface area (TPSA) is 72.6 Å². The van der Waals surface area contributed by atoms with Gasteiger partial charge >= 0.3 is 5.97 Å². The van der Waals surface area contributed by atoms with Gasteiger partial charge in [-0.3, -0.25) is 9.59 Å². The van der Waals surface area contributed by atoms with Crippen LogP contribution < -0.4 is 5.73 Å². The number of rotatable bonds is 2. The van der Waals surface area contributed by atoms with Crippen molar-refractivity contribution in [3.8, 4) is 0 Å². The number of nitrogens with two attached hydrogens (primary N) is 1. The average molecular weight is 284 g/mol. The molecule has 1 atom stereocenters. The van der Waals surface area contributed by atoms with Crippen LogP contribution in [0, 0.1) is 17.6 Å². The van der Waals surface area contributed by atoms with Crippen LogP contribution in [-0.2, 0) is 9.53 Å². The monoisotopic (exact) mass is 284 g/mol. The summed E-state index contributed by atoms with van der Waals surface area (Å²) in [6.07, 6.45) is 0.407. The van der Waals surface area contributed by atoms with Crippen LogP contribution in [0.15, 0.2) is 12.1 Å². The number of benzene rings is 1. The Hall–Kier alpha value is -2.18. The Morgan fingerprint density at radius 2 is 2.10 bits per heavy atom. The minimum absolute atomic E-state index is 0.0825. The van der Waals surface area contributed by atoms with Gasteiger partial charge < -0.3 is 15.4 Å². The summed E-state index contributed by atoms with van der Waals surface area (Å²) in [5.74, 6) is -3.75. The van der Waals surface area contributed by atoms with Crippen molar-refractivity contribution in [1.82, 2.24) is 4.90 Å². The maximum atomic E-state index is 13.8. The SMILES string of the molecule is COC(=O)C1CCN(C(=O)c2c(F)ccc(N)c2F)C1. The summed E-state index contributed by atoms with van der Waals surface area (Å²) in [5.41, 5.74) is 4.36. The molecule has 1 amide bonds. The highest BCUT2D eigenvalue weighted by molar-refractivity contribution is 5.96. The van der Waals surface area contributed by atoms with Crippen LogP contribution in [0.4, 0.5) is 14.5 Å². The van der Waals surface area contributed by atoms with Gasteiger partial charge in [-0.25, -0.2) is 8.78 Å². The first-order chi connectivity index (χ1) is 9.45. The standard InChI is InChI=1S/C13H14F2N2O3/c1-20-13(19)7-4-5-17(6-7)12(18)10-8(14)2-3-9(16)11(10)15/h2-3,7H,4-6,16H2,1H3. The highest BCUT2D eigenvalue weighted by Gasteiger charge is 2.34. The van der Waals surface area contributed by atoms with E-state index < -0.39 is 35.0 Å². The van der Waals surface area contributed by atoms with E-state index in [-0.39, 0.29) is 18.8 Å². The normalized spacial score (nSPS) is 18.1. The summed E-state index contributed by atoms with van der Waals surface area (Å²) in [5, 5.41) is 0. The maximum absolute atomic E-state index is 13.8. The molecule has 1 aliphatic heterocycles. The quantitative estimate of drug-likeness (QED) is 0.654. The molecular formula is C13H14F2N2O3. The number of methoxy groups -OCH3 is 1. The molecule has 108 valence electrons. The Morgan fingerprint density at radius 1 is 1.40 bits per heavy atom. The van der Waals surface area contributed by atoms with Crippen molar-refractivity contribution in [3.63, 3.8) is 0 Å². The number of anilines is 1. The van der Waals surface area contributed by atoms with Gasteiger partial charge in [-0.05, 0) is 18.6 Å². The van der Waals surface area contributed by atoms with Crippen LogP contribution in [0.1, 0.15) is 16.8 Å². The third-order valence-electron chi connectivity index (χ3n) is 3.34. The maximum Gasteiger partial charge on any atom is 0.310 e. The van der Waals surface area contributed by atoms with Gasteiger partial charge in [-0.15, -0.1) is 0 Å². The van der Waals surface area contributed by atoms with Gasteiger partial charge in [0.15, 0.2) is 5.82 Å². The fraction of sp³-hybridized carbons (Fsp3) is 0.385. The number of amides is 1. The number of esters is 1. The van der Waals surface area contributed by atoms with Crippen LogP contribution in [-0.4, -0.2) is 37.0 Å². The number of carbonyl (C=O) groups is 2. The minimum atomic E-state index is -1.07. The lowest BCUT2D eigenvalue weighted by Crippen LogP contribution is -2.31. The Morgan fingerprint density at radius 3 is 2.75 bits per heavy atom. The molecule has 1 fully saturated rings. The van der Waals surface area contributed by atoms with Crippen LogP contribution in [0.25, 0.3) is 0 Å². The molecule has 20 heavy (non-hydrogen) atoms. The second-order valence-corrected chi connectivity index (χ2v) is 4.59. The van der Waals surface area contributed by atoms with E-state index in [1.54, 1.807) is 0 Å². The predicted octanol–water partition coefficient (Wildman–Crippen LogP) is 1.18. The highest BCUT2D eigenvalue weighted by Crippen LogP contribution is 2.24. The number of hydrogen-bond acceptors (Lipinski definition) is 4. The molecular weight excluding hydrogens is 270 g/mol. The molecule has 2 N–H and O–H groups in total. The molecule has 1 aliphatic rings. The van der Waals surface area contributed by atoms with Crippen LogP contribution in [0.2, 0.25) is 0 Å². The zero-order chi connectivity index (χ0) is 14.9. The minimum Gasteiger partial charge on any atom is -0.469 e. The van der Waals surface area contributed by atoms with E-state index in [4.69, 9.17) is 5.73 Å². The number of likely N-dealkylation sites (tertiary alicyclic amines) is 1. The lowest BCUT2D eigenvalue weighted by Gasteiger charge is -2.17. The van der Waals surface area contributed by atoms with Crippen LogP contribution in [0.3, 0.4) is 0 Å². The van der Waals surface area contributed by atoms with E-state index >= 15 is 0 Å². The van der Waals surface area contributed by atoms with Gasteiger partial charge in [0.2, 0.25) is 0 Å². The van der Waals surface area contributed by atoms with Gasteiger partial charge in [0, 0.05) is 13.1 Å². The van der Waals surface area contributed by atoms with Crippen molar-refractivity contribution < 1.29 is 23.1 Å². The summed E-state index contributed by atoms with van der Waals surface area (Å²) in [6, 6.07) is 2.00. The van der Waals surface area contributed by atoms with Crippen molar-refractivity contribution in [2.75, 3.05) is 25.9 Å². The number of carbonyl (C=O) groups excluding carboxylic acids is 2. The van der Waals surface area contributed by atoms with E-state index in [9.17, 15) is 18.4 Å². The van der Waals surface area contributed by atoms with Gasteiger partial charge in [0.25, 0.3) is 5.91 Å². The van der Waals surface area contributed by atoms with Crippen LogP contribution in [0.5, 0.6) is 0 Å². The number of nitrogen functional groups attached to an aromatic ring is 1. The molecule has 5 nitrogen and oxygen atoms in total. The number of halogens is 2. The molecule has 1 heterocycles. The Labute approximate surface area is 114 Å². The van der Waals surface area contributed by atoms with E-state index in [0.29, 0.717) is 6.42 Å². The number of ether oxygens (including phenoxy) is 1. The van der Waals surface area contributed by atoms with E-state index in [2.05, 4.69) is 4.74 Å². The van der Waals surface area contributed by atoms with E-state index in [1.807, 2.05) is 0 Å². The summed E-state index contributed by atoms with van der Waals surface area (Å²) < 4.78 is 32.0. The largest absolute Gasteiger partial charge is 0.469 e. The molecule has 0 radical (unpaired) electrons. The Balaban J connectivity index is 2.22. The smallest absolute Gasteiger partial charge is 0.310 e. The third kappa shape index (κ3) is 2.43. The molecule has 0 aliphatic carbocycles. The first-order valence-electron chi connectivity index (χ1n) is 6.06. The van der Waals surface area contributed by atoms with Crippen LogP contribution >= 0.6 is 0 Å². The van der Waals surface area contributed by atoms with Crippen molar-refractivity contribution >= 4 is 17.6 Å². The summed E-state index contributed by atoms with van der Waals surface area (Å²) in [7, 11) is 1.25. The van der Waals surface area contributed by atoms with Gasteiger partial charge in [-0.1, -0.05) is 0 Å². The fourth-order valence-electron chi connectivity index (χ4n) is 2.23. The molecule has 7 heteroatoms. The lowest BCUT2D eigenvalue weighted by molar-refractivity contribution is -0.144. The van der Waals surface area contributed by atoms with Crippen molar-refractivity contribution in [2.45, 2.75) is 6.42 Å². The molecule has 0 saturated carbocycles. The second-order valence-electron chi connectivity index (χ2n) is 4.59. The predicted molar refractivity (Wildman–Crippen MR) is 66.8 cm³/mol. The Kier molecular flexibility index (Phi) is 3.87. The lowest BCUT2D eigenvalue weighted by atomic mass is 10.1. The molecule has 0 spiro atoms. The van der Waals surface area contributed by atoms with Crippen molar-refractivity contribution in [1.29, 1.82) is 0 Å². The molecule has 1 aromatic rings. The molecule has 0 bridgehead atoms. The van der Waals surface area contributed by atoms with Crippen molar-refractivity contribution in [3.05, 3.63) is 29.3 Å². The molecule has 0 aromatic heterocycles. The number of nitrogens with zero attached hydrogens (tertiary/aromatic N) is 1. The molecule has 1 aromatic carbocycles. The van der Waals surface area contributed by atoms with Crippen molar-refractivity contribution in [2.24, 2.45) is 5.92 Å². The van der Waals surface area contributed by atoms with Gasteiger partial charge in [0.05, 0.1) is 18.7 Å². The highest BCUT2D eigenvalue weighted by atomic mass is 19.1. The third-order valence-corrected chi connectivity index (χ3v) is 3.34. The molecule has 1 unspecified atom stereocenters.